The Morgan fingerprint density at radius 1 is 0.800 bits per heavy atom. The van der Waals surface area contributed by atoms with E-state index in [1.54, 1.807) is 0 Å². The van der Waals surface area contributed by atoms with Crippen LogP contribution in [-0.2, 0) is 32.7 Å². The van der Waals surface area contributed by atoms with Crippen LogP contribution in [0.1, 0.15) is 49.0 Å². The van der Waals surface area contributed by atoms with Gasteiger partial charge < -0.3 is 0 Å². The van der Waals surface area contributed by atoms with E-state index in [0.717, 1.165) is 11.8 Å². The second-order valence-corrected chi connectivity index (χ2v) is 4.05. The van der Waals surface area contributed by atoms with E-state index in [1.807, 2.05) is 0 Å². The van der Waals surface area contributed by atoms with Gasteiger partial charge in [0, 0.05) is 32.7 Å². The van der Waals surface area contributed by atoms with Gasteiger partial charge in [-0.3, -0.25) is 9.98 Å². The molecule has 0 saturated heterocycles. The molecule has 0 aromatic heterocycles. The molecule has 1 radical (unpaired) electrons. The molecule has 3 heteroatoms. The van der Waals surface area contributed by atoms with Crippen LogP contribution in [0.2, 0.25) is 0 Å². The topological polar surface area (TPSA) is 24.7 Å². The number of rotatable bonds is 2. The van der Waals surface area contributed by atoms with E-state index >= 15 is 0 Å². The quantitative estimate of drug-likeness (QED) is 0.678. The maximum atomic E-state index is 3.38. The zero-order valence-electron chi connectivity index (χ0n) is 10.7. The fraction of sp³-hybridized carbons (Fsp3) is 0.833. The van der Waals surface area contributed by atoms with E-state index < -0.39 is 0 Å². The molecule has 0 saturated carbocycles. The summed E-state index contributed by atoms with van der Waals surface area (Å²) >= 11 is 0. The van der Waals surface area contributed by atoms with Crippen molar-refractivity contribution in [3.8, 4) is 0 Å². The van der Waals surface area contributed by atoms with Crippen molar-refractivity contribution in [3.05, 3.63) is 0 Å². The van der Waals surface area contributed by atoms with Gasteiger partial charge in [0.1, 0.15) is 6.67 Å². The van der Waals surface area contributed by atoms with Crippen LogP contribution in [0.3, 0.4) is 0 Å². The number of nitrogens with zero attached hydrogens (tertiary/aromatic N) is 2. The van der Waals surface area contributed by atoms with Crippen LogP contribution in [0.15, 0.2) is 9.98 Å². The third-order valence-electron chi connectivity index (χ3n) is 0.200. The smallest absolute Gasteiger partial charge is 0.127 e. The Morgan fingerprint density at radius 3 is 0.933 bits per heavy atom. The Morgan fingerprint density at radius 2 is 0.933 bits per heavy atom. The Balaban J connectivity index is -0.0000000315. The predicted octanol–water partition coefficient (Wildman–Crippen LogP) is 4.30. The summed E-state index contributed by atoms with van der Waals surface area (Å²) < 4.78 is 0. The maximum Gasteiger partial charge on any atom is 0.127 e. The van der Waals surface area contributed by atoms with Gasteiger partial charge in [0.15, 0.2) is 0 Å². The Kier molecular flexibility index (Phi) is 57.6. The summed E-state index contributed by atoms with van der Waals surface area (Å²) in [6.07, 6.45) is 0. The van der Waals surface area contributed by atoms with Crippen molar-refractivity contribution in [3.63, 3.8) is 0 Å². The minimum Gasteiger partial charge on any atom is -0.278 e. The Bertz CT molecular complexity index is 84.3. The molecule has 0 atom stereocenters. The third-order valence-corrected chi connectivity index (χ3v) is 0.200. The van der Waals surface area contributed by atoms with Crippen molar-refractivity contribution in [1.82, 2.24) is 0 Å². The van der Waals surface area contributed by atoms with Gasteiger partial charge >= 0.3 is 0 Å². The second kappa shape index (κ2) is 29.3. The van der Waals surface area contributed by atoms with Gasteiger partial charge in [-0.25, -0.2) is 0 Å². The van der Waals surface area contributed by atoms with Gasteiger partial charge in [0.05, 0.1) is 0 Å². The van der Waals surface area contributed by atoms with E-state index in [-0.39, 0.29) is 40.1 Å². The fourth-order valence-corrected chi connectivity index (χ4v) is 0.0707. The number of hydrogen-bond acceptors (Lipinski definition) is 2. The summed E-state index contributed by atoms with van der Waals surface area (Å²) in [6, 6.07) is 0. The van der Waals surface area contributed by atoms with Crippen LogP contribution in [0.5, 0.6) is 0 Å². The van der Waals surface area contributed by atoms with Crippen LogP contribution in [0.25, 0.3) is 0 Å². The van der Waals surface area contributed by atoms with Crippen molar-refractivity contribution in [2.75, 3.05) is 6.67 Å². The molecule has 91 valence electrons. The molecule has 0 unspecified atom stereocenters. The largest absolute Gasteiger partial charge is 0.278 e. The Hall–Kier alpha value is 0.444. The first-order valence-electron chi connectivity index (χ1n) is 4.73. The predicted molar refractivity (Wildman–Crippen MR) is 71.7 cm³/mol. The summed E-state index contributed by atoms with van der Waals surface area (Å²) in [5.74, 6) is 1.67. The van der Waals surface area contributed by atoms with Crippen LogP contribution in [-0.4, -0.2) is 20.1 Å². The van der Waals surface area contributed by atoms with E-state index in [9.17, 15) is 0 Å². The molecule has 0 spiro atoms. The molecule has 0 bridgehead atoms. The van der Waals surface area contributed by atoms with E-state index in [2.05, 4.69) is 65.0 Å². The van der Waals surface area contributed by atoms with Crippen molar-refractivity contribution >= 4 is 13.4 Å². The van der Waals surface area contributed by atoms with Gasteiger partial charge in [-0.1, -0.05) is 49.0 Å². The van der Waals surface area contributed by atoms with Crippen molar-refractivity contribution in [1.29, 1.82) is 0 Å². The first-order chi connectivity index (χ1) is 5.88. The van der Waals surface area contributed by atoms with Crippen molar-refractivity contribution in [2.24, 2.45) is 21.8 Å². The molecule has 0 heterocycles. The zero-order valence-corrected chi connectivity index (χ0v) is 13.6. The molecule has 0 fully saturated rings. The first kappa shape index (κ1) is 29.5. The summed E-state index contributed by atoms with van der Waals surface area (Å²) in [4.78, 5) is 6.75. The average Bonchev–Trinajstić information content (AvgIpc) is 1.86. The molecule has 0 rings (SSSR count). The van der Waals surface area contributed by atoms with Gasteiger partial charge in [-0.2, -0.15) is 0 Å². The normalized spacial score (nSPS) is 6.93. The summed E-state index contributed by atoms with van der Waals surface area (Å²) in [6.45, 7) is 19.8. The van der Waals surface area contributed by atoms with Crippen LogP contribution < -0.4 is 0 Å². The standard InChI is InChI=1S/2C4H10.C3H6N2.CH4.Y/c2*1-4(2)3;1-4-3-5-2;;/h2*4H,1-3H3;1-3H2;1H4;. The Labute approximate surface area is 123 Å². The molecular formula is C12H30N2Y. The first-order valence-corrected chi connectivity index (χ1v) is 4.73. The second-order valence-electron chi connectivity index (χ2n) is 4.05. The summed E-state index contributed by atoms with van der Waals surface area (Å²) in [7, 11) is 0. The minimum atomic E-state index is 0. The molecule has 2 nitrogen and oxygen atoms in total. The molecule has 0 aliphatic heterocycles. The van der Waals surface area contributed by atoms with Crippen LogP contribution in [0, 0.1) is 11.8 Å². The van der Waals surface area contributed by atoms with Gasteiger partial charge in [-0.15, -0.1) is 0 Å². The summed E-state index contributed by atoms with van der Waals surface area (Å²) in [5, 5.41) is 0. The maximum absolute atomic E-state index is 3.38. The number of aliphatic imine (C=N–C) groups is 2. The fourth-order valence-electron chi connectivity index (χ4n) is 0.0707. The van der Waals surface area contributed by atoms with Crippen molar-refractivity contribution in [2.45, 2.75) is 49.0 Å². The number of hydrogen-bond donors (Lipinski definition) is 0. The van der Waals surface area contributed by atoms with Gasteiger partial charge in [-0.05, 0) is 25.3 Å². The molecule has 0 aromatic rings. The van der Waals surface area contributed by atoms with E-state index in [0.29, 0.717) is 6.67 Å². The third kappa shape index (κ3) is 374. The molecule has 15 heavy (non-hydrogen) atoms. The molecular weight excluding hydrogens is 261 g/mol. The zero-order chi connectivity index (χ0) is 11.3. The molecule has 0 aliphatic rings. The molecule has 0 aromatic carbocycles. The molecule has 0 amide bonds. The van der Waals surface area contributed by atoms with E-state index in [4.69, 9.17) is 0 Å². The van der Waals surface area contributed by atoms with E-state index in [1.165, 1.54) is 0 Å². The van der Waals surface area contributed by atoms with Gasteiger partial charge in [0.2, 0.25) is 0 Å². The monoisotopic (exact) mass is 291 g/mol. The summed E-state index contributed by atoms with van der Waals surface area (Å²) in [5.41, 5.74) is 0. The SMILES string of the molecule is C.C=NCN=C.CC(C)C.CC(C)C.[Y]. The average molecular weight is 291 g/mol. The van der Waals surface area contributed by atoms with Gasteiger partial charge in [0.25, 0.3) is 0 Å². The van der Waals surface area contributed by atoms with Crippen LogP contribution in [0.4, 0.5) is 0 Å². The minimum absolute atomic E-state index is 0. The van der Waals surface area contributed by atoms with Crippen molar-refractivity contribution < 1.29 is 32.7 Å². The molecule has 0 aliphatic carbocycles. The molecule has 0 N–H and O–H groups in total. The van der Waals surface area contributed by atoms with Crippen LogP contribution >= 0.6 is 0 Å².